The van der Waals surface area contributed by atoms with Crippen molar-refractivity contribution in [2.45, 2.75) is 49.1 Å². The van der Waals surface area contributed by atoms with Gasteiger partial charge in [0.1, 0.15) is 17.6 Å². The number of para-hydroxylation sites is 2. The molecular formula is C22H20F3N5O3S. The lowest BCUT2D eigenvalue weighted by Crippen LogP contribution is -2.50. The predicted molar refractivity (Wildman–Crippen MR) is 118 cm³/mol. The maximum absolute atomic E-state index is 13.9. The number of anilines is 2. The Balaban J connectivity index is 1.42. The molecule has 0 bridgehead atoms. The van der Waals surface area contributed by atoms with E-state index in [-0.39, 0.29) is 23.0 Å². The smallest absolute Gasteiger partial charge is 0.409 e. The minimum atomic E-state index is -4.78. The van der Waals surface area contributed by atoms with Gasteiger partial charge in [-0.25, -0.2) is 0 Å². The second-order valence-electron chi connectivity index (χ2n) is 8.16. The second-order valence-corrected chi connectivity index (χ2v) is 9.10. The number of thioether (sulfide) groups is 1. The van der Waals surface area contributed by atoms with Crippen LogP contribution in [0.3, 0.4) is 0 Å². The monoisotopic (exact) mass is 491 g/mol. The largest absolute Gasteiger partial charge is 0.467 e. The highest BCUT2D eigenvalue weighted by atomic mass is 32.2. The molecule has 3 aromatic rings. The molecule has 1 fully saturated rings. The number of hydrogen-bond acceptors (Lipinski definition) is 6. The first-order valence-electron chi connectivity index (χ1n) is 10.7. The second kappa shape index (κ2) is 8.82. The first kappa shape index (κ1) is 22.5. The summed E-state index contributed by atoms with van der Waals surface area (Å²) in [6.07, 6.45) is -2.14. The van der Waals surface area contributed by atoms with E-state index in [1.165, 1.54) is 18.2 Å². The summed E-state index contributed by atoms with van der Waals surface area (Å²) in [5, 5.41) is 11.3. The lowest BCUT2D eigenvalue weighted by molar-refractivity contribution is -0.157. The molecule has 12 heteroatoms. The molecule has 8 nitrogen and oxygen atoms in total. The topological polar surface area (TPSA) is 93.3 Å². The summed E-state index contributed by atoms with van der Waals surface area (Å²) in [5.41, 5.74) is 0.173. The number of furan rings is 1. The summed E-state index contributed by atoms with van der Waals surface area (Å²) in [6.45, 7) is 0.360. The van der Waals surface area contributed by atoms with Gasteiger partial charge in [-0.2, -0.15) is 13.2 Å². The van der Waals surface area contributed by atoms with E-state index in [4.69, 9.17) is 4.42 Å². The Bertz CT molecular complexity index is 1210. The maximum Gasteiger partial charge on any atom is 0.409 e. The number of aromatic nitrogens is 3. The highest BCUT2D eigenvalue weighted by Gasteiger charge is 2.49. The quantitative estimate of drug-likeness (QED) is 0.520. The van der Waals surface area contributed by atoms with Crippen LogP contribution < -0.4 is 10.2 Å². The number of nitrogens with one attached hydrogen (secondary N) is 1. The molecule has 1 N–H and O–H groups in total. The van der Waals surface area contributed by atoms with E-state index < -0.39 is 30.5 Å². The summed E-state index contributed by atoms with van der Waals surface area (Å²) >= 11 is 1.02. The normalized spacial score (nSPS) is 18.4. The molecule has 1 aromatic carbocycles. The SMILES string of the molecule is O=C1CC(C(F)(F)F)N(C(=O)CSc2nnc(C3CC3)n2Cc2ccco2)c2ccccc2N1. The van der Waals surface area contributed by atoms with Crippen molar-refractivity contribution in [3.63, 3.8) is 0 Å². The molecular weight excluding hydrogens is 471 g/mol. The van der Waals surface area contributed by atoms with Crippen molar-refractivity contribution < 1.29 is 27.2 Å². The van der Waals surface area contributed by atoms with Gasteiger partial charge >= 0.3 is 6.18 Å². The Labute approximate surface area is 196 Å². The van der Waals surface area contributed by atoms with Crippen LogP contribution in [0.15, 0.2) is 52.2 Å². The summed E-state index contributed by atoms with van der Waals surface area (Å²) < 4.78 is 49.0. The number of carbonyl (C=O) groups is 2. The van der Waals surface area contributed by atoms with Gasteiger partial charge in [-0.15, -0.1) is 10.2 Å². The van der Waals surface area contributed by atoms with Crippen LogP contribution in [-0.4, -0.2) is 44.5 Å². The van der Waals surface area contributed by atoms with Gasteiger partial charge in [-0.1, -0.05) is 23.9 Å². The fourth-order valence-corrected chi connectivity index (χ4v) is 4.75. The van der Waals surface area contributed by atoms with Crippen molar-refractivity contribution >= 4 is 35.0 Å². The molecule has 1 aliphatic heterocycles. The zero-order chi connectivity index (χ0) is 23.9. The van der Waals surface area contributed by atoms with Crippen LogP contribution in [0.5, 0.6) is 0 Å². The van der Waals surface area contributed by atoms with Crippen molar-refractivity contribution in [1.29, 1.82) is 0 Å². The van der Waals surface area contributed by atoms with Gasteiger partial charge in [0.2, 0.25) is 11.8 Å². The first-order chi connectivity index (χ1) is 16.3. The molecule has 1 unspecified atom stereocenters. The van der Waals surface area contributed by atoms with Gasteiger partial charge in [-0.05, 0) is 37.1 Å². The minimum Gasteiger partial charge on any atom is -0.467 e. The van der Waals surface area contributed by atoms with E-state index in [1.807, 2.05) is 10.6 Å². The van der Waals surface area contributed by atoms with Gasteiger partial charge in [0, 0.05) is 5.92 Å². The van der Waals surface area contributed by atoms with Crippen LogP contribution in [0.25, 0.3) is 0 Å². The fourth-order valence-electron chi connectivity index (χ4n) is 3.95. The van der Waals surface area contributed by atoms with Crippen LogP contribution in [0.1, 0.15) is 36.8 Å². The van der Waals surface area contributed by atoms with Crippen LogP contribution in [0.2, 0.25) is 0 Å². The third-order valence-corrected chi connectivity index (χ3v) is 6.63. The Kier molecular flexibility index (Phi) is 5.84. The van der Waals surface area contributed by atoms with Crippen LogP contribution in [0, 0.1) is 0 Å². The molecule has 3 heterocycles. The average molecular weight is 491 g/mol. The first-order valence-corrected chi connectivity index (χ1v) is 11.7. The van der Waals surface area contributed by atoms with E-state index in [0.717, 1.165) is 30.4 Å². The number of hydrogen-bond donors (Lipinski definition) is 1. The van der Waals surface area contributed by atoms with Crippen LogP contribution in [0.4, 0.5) is 24.5 Å². The summed E-state index contributed by atoms with van der Waals surface area (Å²) in [5.74, 6) is -0.165. The van der Waals surface area contributed by atoms with Crippen molar-refractivity contribution in [2.75, 3.05) is 16.0 Å². The molecule has 2 aromatic heterocycles. The maximum atomic E-state index is 13.9. The number of benzene rings is 1. The zero-order valence-corrected chi connectivity index (χ0v) is 18.6. The van der Waals surface area contributed by atoms with Crippen molar-refractivity contribution in [2.24, 2.45) is 0 Å². The predicted octanol–water partition coefficient (Wildman–Crippen LogP) is 4.20. The molecule has 178 valence electrons. The standard InChI is InChI=1S/C22H20F3N5O3S/c23-22(24,25)17-10-18(31)26-15-5-1-2-6-16(15)30(17)19(32)12-34-21-28-27-20(13-7-8-13)29(21)11-14-4-3-9-33-14/h1-6,9,13,17H,7-8,10-12H2,(H,26,31). The third-order valence-electron chi connectivity index (χ3n) is 5.68. The summed E-state index contributed by atoms with van der Waals surface area (Å²) in [4.78, 5) is 26.0. The molecule has 2 amide bonds. The minimum absolute atomic E-state index is 0.0111. The van der Waals surface area contributed by atoms with Gasteiger partial charge < -0.3 is 9.73 Å². The number of nitrogens with zero attached hydrogens (tertiary/aromatic N) is 4. The van der Waals surface area contributed by atoms with Crippen LogP contribution in [-0.2, 0) is 16.1 Å². The molecule has 0 spiro atoms. The lowest BCUT2D eigenvalue weighted by Gasteiger charge is -2.31. The van der Waals surface area contributed by atoms with Crippen molar-refractivity contribution in [3.05, 3.63) is 54.2 Å². The van der Waals surface area contributed by atoms with E-state index in [9.17, 15) is 22.8 Å². The molecule has 1 saturated carbocycles. The van der Waals surface area contributed by atoms with Crippen LogP contribution >= 0.6 is 11.8 Å². The Morgan fingerprint density at radius 3 is 2.68 bits per heavy atom. The number of rotatable bonds is 6. The summed E-state index contributed by atoms with van der Waals surface area (Å²) in [6, 6.07) is 7.28. The Morgan fingerprint density at radius 1 is 1.18 bits per heavy atom. The number of amides is 2. The van der Waals surface area contributed by atoms with E-state index in [2.05, 4.69) is 15.5 Å². The van der Waals surface area contributed by atoms with Gasteiger partial charge in [0.25, 0.3) is 0 Å². The number of alkyl halides is 3. The Hall–Kier alpha value is -3.28. The molecule has 1 aliphatic carbocycles. The highest BCUT2D eigenvalue weighted by Crippen LogP contribution is 2.41. The number of carbonyl (C=O) groups excluding carboxylic acids is 2. The molecule has 2 aliphatic rings. The van der Waals surface area contributed by atoms with Crippen molar-refractivity contribution in [1.82, 2.24) is 14.8 Å². The van der Waals surface area contributed by atoms with E-state index >= 15 is 0 Å². The van der Waals surface area contributed by atoms with Gasteiger partial charge in [-0.3, -0.25) is 19.1 Å². The summed E-state index contributed by atoms with van der Waals surface area (Å²) in [7, 11) is 0. The number of fused-ring (bicyclic) bond motifs is 1. The zero-order valence-electron chi connectivity index (χ0n) is 17.8. The lowest BCUT2D eigenvalue weighted by atomic mass is 10.1. The van der Waals surface area contributed by atoms with Gasteiger partial charge in [0.15, 0.2) is 5.16 Å². The fraction of sp³-hybridized carbons (Fsp3) is 0.364. The van der Waals surface area contributed by atoms with E-state index in [0.29, 0.717) is 22.4 Å². The molecule has 1 atom stereocenters. The van der Waals surface area contributed by atoms with Crippen molar-refractivity contribution in [3.8, 4) is 0 Å². The molecule has 5 rings (SSSR count). The van der Waals surface area contributed by atoms with E-state index in [1.54, 1.807) is 18.4 Å². The highest BCUT2D eigenvalue weighted by molar-refractivity contribution is 7.99. The average Bonchev–Trinajstić information content (AvgIpc) is 3.40. The third kappa shape index (κ3) is 4.54. The van der Waals surface area contributed by atoms with Gasteiger partial charge in [0.05, 0.1) is 36.4 Å². The number of halogens is 3. The Morgan fingerprint density at radius 2 is 1.97 bits per heavy atom. The molecule has 0 radical (unpaired) electrons. The molecule has 0 saturated heterocycles. The molecule has 34 heavy (non-hydrogen) atoms.